The number of carbonyl (C=O) groups is 1. The fourth-order valence-corrected chi connectivity index (χ4v) is 3.31. The number of ether oxygens (including phenoxy) is 1. The molecule has 0 radical (unpaired) electrons. The molecule has 0 spiro atoms. The number of aromatic nitrogens is 5. The molecule has 2 N–H and O–H groups in total. The Morgan fingerprint density at radius 3 is 2.85 bits per heavy atom. The summed E-state index contributed by atoms with van der Waals surface area (Å²) in [6.45, 7) is 4.98. The molecular weight excluding hydrogens is 336 g/mol. The highest BCUT2D eigenvalue weighted by Gasteiger charge is 2.35. The molecule has 9 nitrogen and oxygen atoms in total. The third-order valence-corrected chi connectivity index (χ3v) is 4.75. The van der Waals surface area contributed by atoms with Gasteiger partial charge in [0.05, 0.1) is 6.61 Å². The first kappa shape index (κ1) is 18.5. The van der Waals surface area contributed by atoms with Crippen LogP contribution in [0.5, 0.6) is 0 Å². The van der Waals surface area contributed by atoms with E-state index in [0.717, 1.165) is 18.7 Å². The summed E-state index contributed by atoms with van der Waals surface area (Å²) < 4.78 is 8.76. The summed E-state index contributed by atoms with van der Waals surface area (Å²) >= 11 is 0. The molecule has 1 fully saturated rings. The first-order chi connectivity index (χ1) is 12.5. The largest absolute Gasteiger partial charge is 0.388 e. The molecule has 2 aromatic heterocycles. The van der Waals surface area contributed by atoms with Crippen LogP contribution in [0.25, 0.3) is 0 Å². The van der Waals surface area contributed by atoms with E-state index >= 15 is 0 Å². The van der Waals surface area contributed by atoms with Crippen molar-refractivity contribution in [2.45, 2.75) is 57.8 Å². The minimum atomic E-state index is -0.150. The summed E-state index contributed by atoms with van der Waals surface area (Å²) in [6.07, 6.45) is 3.25. The van der Waals surface area contributed by atoms with E-state index in [0.29, 0.717) is 24.7 Å². The zero-order valence-electron chi connectivity index (χ0n) is 15.4. The molecule has 3 rings (SSSR count). The molecule has 0 atom stereocenters. The van der Waals surface area contributed by atoms with Crippen molar-refractivity contribution in [3.63, 3.8) is 0 Å². The molecule has 0 aromatic carbocycles. The molecular formula is C17H26N6O3. The van der Waals surface area contributed by atoms with E-state index in [-0.39, 0.29) is 30.5 Å². The second-order valence-corrected chi connectivity index (χ2v) is 6.87. The third kappa shape index (κ3) is 3.63. The smallest absolute Gasteiger partial charge is 0.269 e. The van der Waals surface area contributed by atoms with Gasteiger partial charge in [0.15, 0.2) is 5.82 Å². The lowest BCUT2D eigenvalue weighted by Crippen LogP contribution is -2.44. The van der Waals surface area contributed by atoms with Crippen LogP contribution in [0, 0.1) is 0 Å². The molecule has 2 aromatic rings. The van der Waals surface area contributed by atoms with Crippen LogP contribution in [0.3, 0.4) is 0 Å². The summed E-state index contributed by atoms with van der Waals surface area (Å²) in [4.78, 5) is 12.5. The van der Waals surface area contributed by atoms with Crippen molar-refractivity contribution in [2.24, 2.45) is 0 Å². The Balaban J connectivity index is 1.60. The van der Waals surface area contributed by atoms with E-state index in [9.17, 15) is 9.90 Å². The summed E-state index contributed by atoms with van der Waals surface area (Å²) in [6, 6.07) is 1.98. The number of hydrogen-bond acceptors (Lipinski definition) is 6. The molecule has 1 aliphatic rings. The molecule has 1 saturated carbocycles. The predicted molar refractivity (Wildman–Crippen MR) is 93.7 cm³/mol. The minimum Gasteiger partial charge on any atom is -0.388 e. The number of nitrogens with one attached hydrogen (secondary N) is 1. The predicted octanol–water partition coefficient (Wildman–Crippen LogP) is 0.870. The van der Waals surface area contributed by atoms with Crippen molar-refractivity contribution >= 4 is 5.91 Å². The summed E-state index contributed by atoms with van der Waals surface area (Å²) in [5, 5.41) is 25.0. The van der Waals surface area contributed by atoms with Crippen molar-refractivity contribution in [3.8, 4) is 0 Å². The Morgan fingerprint density at radius 1 is 1.42 bits per heavy atom. The molecule has 9 heteroatoms. The Kier molecular flexibility index (Phi) is 5.67. The van der Waals surface area contributed by atoms with E-state index in [2.05, 4.69) is 20.6 Å². The van der Waals surface area contributed by atoms with Crippen LogP contribution in [-0.4, -0.2) is 55.3 Å². The lowest BCUT2D eigenvalue weighted by Gasteiger charge is -2.35. The number of hydrogen-bond donors (Lipinski definition) is 2. The quantitative estimate of drug-likeness (QED) is 0.722. The van der Waals surface area contributed by atoms with Gasteiger partial charge in [-0.05, 0) is 32.8 Å². The fraction of sp³-hybridized carbons (Fsp3) is 0.647. The fourth-order valence-electron chi connectivity index (χ4n) is 3.31. The molecule has 0 aliphatic heterocycles. The summed E-state index contributed by atoms with van der Waals surface area (Å²) in [7, 11) is 1.64. The molecule has 2 heterocycles. The average Bonchev–Trinajstić information content (AvgIpc) is 3.22. The summed E-state index contributed by atoms with van der Waals surface area (Å²) in [5.74, 6) is 1.52. The van der Waals surface area contributed by atoms with Crippen LogP contribution in [0.2, 0.25) is 0 Å². The second kappa shape index (κ2) is 7.96. The van der Waals surface area contributed by atoms with Gasteiger partial charge in [-0.1, -0.05) is 0 Å². The van der Waals surface area contributed by atoms with Crippen molar-refractivity contribution in [2.75, 3.05) is 13.7 Å². The molecule has 142 valence electrons. The zero-order valence-corrected chi connectivity index (χ0v) is 15.4. The van der Waals surface area contributed by atoms with Crippen molar-refractivity contribution in [1.29, 1.82) is 0 Å². The number of aliphatic hydroxyl groups is 1. The first-order valence-corrected chi connectivity index (χ1v) is 8.91. The standard InChI is InChI=1S/C17H26N6O3/c1-11(2)23-14(4-5-18-23)17(25)19-13-8-12(9-13)16-21-20-15(10-24)22(16)6-7-26-3/h4-5,11-13,24H,6-10H2,1-3H3,(H,19,25). The van der Waals surface area contributed by atoms with Crippen LogP contribution in [0.1, 0.15) is 60.8 Å². The Morgan fingerprint density at radius 2 is 2.19 bits per heavy atom. The number of amides is 1. The van der Waals surface area contributed by atoms with Gasteiger partial charge in [-0.15, -0.1) is 10.2 Å². The van der Waals surface area contributed by atoms with Crippen LogP contribution in [0.4, 0.5) is 0 Å². The number of aliphatic hydroxyl groups excluding tert-OH is 1. The minimum absolute atomic E-state index is 0.100. The van der Waals surface area contributed by atoms with Gasteiger partial charge in [-0.3, -0.25) is 9.48 Å². The highest BCUT2D eigenvalue weighted by atomic mass is 16.5. The Hall–Kier alpha value is -2.26. The number of nitrogens with zero attached hydrogens (tertiary/aromatic N) is 5. The van der Waals surface area contributed by atoms with Crippen LogP contribution in [0.15, 0.2) is 12.3 Å². The molecule has 1 amide bonds. The monoisotopic (exact) mass is 362 g/mol. The highest BCUT2D eigenvalue weighted by molar-refractivity contribution is 5.92. The van der Waals surface area contributed by atoms with Gasteiger partial charge >= 0.3 is 0 Å². The normalized spacial score (nSPS) is 19.6. The maximum Gasteiger partial charge on any atom is 0.269 e. The topological polar surface area (TPSA) is 107 Å². The lowest BCUT2D eigenvalue weighted by atomic mass is 9.79. The number of methoxy groups -OCH3 is 1. The molecule has 1 aliphatic carbocycles. The second-order valence-electron chi connectivity index (χ2n) is 6.87. The van der Waals surface area contributed by atoms with Gasteiger partial charge in [-0.25, -0.2) is 0 Å². The Bertz CT molecular complexity index is 748. The number of carbonyl (C=O) groups excluding carboxylic acids is 1. The van der Waals surface area contributed by atoms with Gasteiger partial charge in [-0.2, -0.15) is 5.10 Å². The zero-order chi connectivity index (χ0) is 18.7. The molecule has 26 heavy (non-hydrogen) atoms. The highest BCUT2D eigenvalue weighted by Crippen LogP contribution is 2.36. The molecule has 0 saturated heterocycles. The van der Waals surface area contributed by atoms with E-state index in [4.69, 9.17) is 4.74 Å². The Labute approximate surface area is 152 Å². The van der Waals surface area contributed by atoms with E-state index in [1.165, 1.54) is 0 Å². The van der Waals surface area contributed by atoms with Gasteiger partial charge in [0.2, 0.25) is 0 Å². The molecule has 0 unspecified atom stereocenters. The van der Waals surface area contributed by atoms with E-state index in [1.807, 2.05) is 18.4 Å². The van der Waals surface area contributed by atoms with Crippen LogP contribution < -0.4 is 5.32 Å². The maximum atomic E-state index is 12.5. The van der Waals surface area contributed by atoms with Crippen molar-refractivity contribution in [1.82, 2.24) is 29.9 Å². The SMILES string of the molecule is COCCn1c(CO)nnc1C1CC(NC(=O)c2ccnn2C(C)C)C1. The van der Waals surface area contributed by atoms with Gasteiger partial charge < -0.3 is 19.7 Å². The lowest BCUT2D eigenvalue weighted by molar-refractivity contribution is 0.0893. The van der Waals surface area contributed by atoms with Crippen molar-refractivity contribution in [3.05, 3.63) is 29.6 Å². The van der Waals surface area contributed by atoms with Crippen LogP contribution >= 0.6 is 0 Å². The third-order valence-electron chi connectivity index (χ3n) is 4.75. The average molecular weight is 362 g/mol. The van der Waals surface area contributed by atoms with Crippen molar-refractivity contribution < 1.29 is 14.6 Å². The molecule has 0 bridgehead atoms. The first-order valence-electron chi connectivity index (χ1n) is 8.91. The van der Waals surface area contributed by atoms with E-state index in [1.54, 1.807) is 24.1 Å². The summed E-state index contributed by atoms with van der Waals surface area (Å²) in [5.41, 5.74) is 0.578. The van der Waals surface area contributed by atoms with Gasteiger partial charge in [0.1, 0.15) is 18.1 Å². The van der Waals surface area contributed by atoms with Gasteiger partial charge in [0.25, 0.3) is 5.91 Å². The number of rotatable bonds is 8. The van der Waals surface area contributed by atoms with Gasteiger partial charge in [0, 0.05) is 37.9 Å². The van der Waals surface area contributed by atoms with E-state index < -0.39 is 0 Å². The maximum absolute atomic E-state index is 12.5. The van der Waals surface area contributed by atoms with Crippen LogP contribution in [-0.2, 0) is 17.9 Å².